The molecule has 21 heavy (non-hydrogen) atoms. The van der Waals surface area contributed by atoms with Crippen LogP contribution in [0.25, 0.3) is 0 Å². The summed E-state index contributed by atoms with van der Waals surface area (Å²) < 4.78 is 10.7. The highest BCUT2D eigenvalue weighted by atomic mass is 16.5. The maximum atomic E-state index is 5.42. The van der Waals surface area contributed by atoms with E-state index in [0.717, 1.165) is 24.1 Å². The van der Waals surface area contributed by atoms with E-state index < -0.39 is 0 Å². The molecule has 0 radical (unpaired) electrons. The Morgan fingerprint density at radius 2 is 1.95 bits per heavy atom. The molecule has 1 aliphatic rings. The summed E-state index contributed by atoms with van der Waals surface area (Å²) in [5, 5.41) is 3.44. The number of rotatable bonds is 9. The lowest BCUT2D eigenvalue weighted by Crippen LogP contribution is -2.35. The number of benzene rings is 1. The Morgan fingerprint density at radius 1 is 1.24 bits per heavy atom. The van der Waals surface area contributed by atoms with Crippen LogP contribution in [0.2, 0.25) is 0 Å². The Morgan fingerprint density at radius 3 is 2.48 bits per heavy atom. The van der Waals surface area contributed by atoms with Crippen LogP contribution >= 0.6 is 0 Å². The average molecular weight is 292 g/mol. The largest absolute Gasteiger partial charge is 0.493 e. The Kier molecular flexibility index (Phi) is 5.88. The van der Waals surface area contributed by atoms with Crippen molar-refractivity contribution in [2.24, 2.45) is 0 Å². The second-order valence-electron chi connectivity index (χ2n) is 5.68. The second-order valence-corrected chi connectivity index (χ2v) is 5.68. The van der Waals surface area contributed by atoms with Crippen molar-refractivity contribution in [3.05, 3.63) is 23.8 Å². The van der Waals surface area contributed by atoms with Gasteiger partial charge in [-0.1, -0.05) is 13.0 Å². The number of nitrogens with zero attached hydrogens (tertiary/aromatic N) is 1. The van der Waals surface area contributed by atoms with Gasteiger partial charge in [-0.15, -0.1) is 0 Å². The summed E-state index contributed by atoms with van der Waals surface area (Å²) in [7, 11) is 5.38. The van der Waals surface area contributed by atoms with Gasteiger partial charge in [-0.25, -0.2) is 0 Å². The van der Waals surface area contributed by atoms with Gasteiger partial charge in [-0.3, -0.25) is 4.90 Å². The molecule has 1 unspecified atom stereocenters. The maximum Gasteiger partial charge on any atom is 0.161 e. The molecule has 118 valence electrons. The van der Waals surface area contributed by atoms with Gasteiger partial charge in [0.25, 0.3) is 0 Å². The number of methoxy groups -OCH3 is 2. The Bertz CT molecular complexity index is 446. The van der Waals surface area contributed by atoms with Crippen molar-refractivity contribution >= 4 is 0 Å². The molecule has 4 heteroatoms. The molecule has 1 aromatic carbocycles. The van der Waals surface area contributed by atoms with E-state index in [-0.39, 0.29) is 0 Å². The molecular weight excluding hydrogens is 264 g/mol. The molecule has 0 aromatic heterocycles. The standard InChI is InChI=1S/C17H28N2O2/c1-5-10-19(14-7-8-14)12-15(18-2)13-6-9-16(20-3)17(11-13)21-4/h6,9,11,14-15,18H,5,7-8,10,12H2,1-4H3. The minimum absolute atomic E-state index is 0.317. The van der Waals surface area contributed by atoms with Crippen LogP contribution in [0.15, 0.2) is 18.2 Å². The van der Waals surface area contributed by atoms with E-state index in [1.165, 1.54) is 31.4 Å². The molecule has 2 rings (SSSR count). The number of nitrogens with one attached hydrogen (secondary N) is 1. The summed E-state index contributed by atoms with van der Waals surface area (Å²) in [5.41, 5.74) is 1.25. The molecule has 1 N–H and O–H groups in total. The van der Waals surface area contributed by atoms with Gasteiger partial charge in [0.05, 0.1) is 14.2 Å². The van der Waals surface area contributed by atoms with E-state index in [1.54, 1.807) is 14.2 Å². The molecule has 0 bridgehead atoms. The highest BCUT2D eigenvalue weighted by Gasteiger charge is 2.30. The summed E-state index contributed by atoms with van der Waals surface area (Å²) in [5.74, 6) is 1.58. The van der Waals surface area contributed by atoms with E-state index in [2.05, 4.69) is 29.3 Å². The first kappa shape index (κ1) is 16.1. The van der Waals surface area contributed by atoms with E-state index >= 15 is 0 Å². The van der Waals surface area contributed by atoms with Crippen LogP contribution in [0, 0.1) is 0 Å². The molecule has 0 heterocycles. The molecule has 1 atom stereocenters. The predicted molar refractivity (Wildman–Crippen MR) is 86.2 cm³/mol. The Hall–Kier alpha value is -1.26. The monoisotopic (exact) mass is 292 g/mol. The first-order chi connectivity index (χ1) is 10.2. The molecule has 1 aliphatic carbocycles. The van der Waals surface area contributed by atoms with Crippen LogP contribution in [0.1, 0.15) is 37.8 Å². The topological polar surface area (TPSA) is 33.7 Å². The maximum absolute atomic E-state index is 5.42. The number of hydrogen-bond acceptors (Lipinski definition) is 4. The number of likely N-dealkylation sites (N-methyl/N-ethyl adjacent to an activating group) is 1. The minimum atomic E-state index is 0.317. The van der Waals surface area contributed by atoms with Gasteiger partial charge in [-0.2, -0.15) is 0 Å². The van der Waals surface area contributed by atoms with Crippen molar-refractivity contribution in [2.75, 3.05) is 34.4 Å². The molecule has 1 aromatic rings. The highest BCUT2D eigenvalue weighted by molar-refractivity contribution is 5.43. The van der Waals surface area contributed by atoms with Gasteiger partial charge in [0.2, 0.25) is 0 Å². The fraction of sp³-hybridized carbons (Fsp3) is 0.647. The minimum Gasteiger partial charge on any atom is -0.493 e. The van der Waals surface area contributed by atoms with E-state index in [9.17, 15) is 0 Å². The van der Waals surface area contributed by atoms with Crippen molar-refractivity contribution in [2.45, 2.75) is 38.3 Å². The Labute approximate surface area is 128 Å². The predicted octanol–water partition coefficient (Wildman–Crippen LogP) is 2.84. The molecule has 0 saturated heterocycles. The normalized spacial score (nSPS) is 16.0. The van der Waals surface area contributed by atoms with Gasteiger partial charge in [-0.05, 0) is 50.6 Å². The van der Waals surface area contributed by atoms with Gasteiger partial charge >= 0.3 is 0 Å². The molecule has 1 saturated carbocycles. The quantitative estimate of drug-likeness (QED) is 0.759. The third kappa shape index (κ3) is 4.11. The third-order valence-corrected chi connectivity index (χ3v) is 4.15. The number of hydrogen-bond donors (Lipinski definition) is 1. The Balaban J connectivity index is 2.12. The van der Waals surface area contributed by atoms with Crippen LogP contribution in [0.5, 0.6) is 11.5 Å². The van der Waals surface area contributed by atoms with Crippen LogP contribution in [-0.4, -0.2) is 45.3 Å². The lowest BCUT2D eigenvalue weighted by atomic mass is 10.1. The fourth-order valence-electron chi connectivity index (χ4n) is 2.82. The third-order valence-electron chi connectivity index (χ3n) is 4.15. The van der Waals surface area contributed by atoms with Gasteiger partial charge in [0.1, 0.15) is 0 Å². The van der Waals surface area contributed by atoms with Crippen molar-refractivity contribution in [1.29, 1.82) is 0 Å². The zero-order chi connectivity index (χ0) is 15.2. The van der Waals surface area contributed by atoms with Crippen LogP contribution in [0.3, 0.4) is 0 Å². The van der Waals surface area contributed by atoms with Crippen molar-refractivity contribution in [3.8, 4) is 11.5 Å². The van der Waals surface area contributed by atoms with Crippen LogP contribution in [-0.2, 0) is 0 Å². The smallest absolute Gasteiger partial charge is 0.161 e. The van der Waals surface area contributed by atoms with E-state index in [1.807, 2.05) is 13.1 Å². The van der Waals surface area contributed by atoms with Crippen LogP contribution < -0.4 is 14.8 Å². The van der Waals surface area contributed by atoms with E-state index in [4.69, 9.17) is 9.47 Å². The molecule has 0 spiro atoms. The second kappa shape index (κ2) is 7.66. The SMILES string of the molecule is CCCN(CC(NC)c1ccc(OC)c(OC)c1)C1CC1. The molecule has 1 fully saturated rings. The van der Waals surface area contributed by atoms with Gasteiger partial charge < -0.3 is 14.8 Å². The zero-order valence-electron chi connectivity index (χ0n) is 13.7. The average Bonchev–Trinajstić information content (AvgIpc) is 3.35. The molecule has 0 aliphatic heterocycles. The number of ether oxygens (including phenoxy) is 2. The summed E-state index contributed by atoms with van der Waals surface area (Å²) >= 11 is 0. The van der Waals surface area contributed by atoms with Crippen molar-refractivity contribution < 1.29 is 9.47 Å². The zero-order valence-corrected chi connectivity index (χ0v) is 13.7. The van der Waals surface area contributed by atoms with Gasteiger partial charge in [0.15, 0.2) is 11.5 Å². The molecule has 0 amide bonds. The highest BCUT2D eigenvalue weighted by Crippen LogP contribution is 2.32. The molecular formula is C17H28N2O2. The van der Waals surface area contributed by atoms with Crippen LogP contribution in [0.4, 0.5) is 0 Å². The first-order valence-electron chi connectivity index (χ1n) is 7.86. The van der Waals surface area contributed by atoms with E-state index in [0.29, 0.717) is 6.04 Å². The summed E-state index contributed by atoms with van der Waals surface area (Å²) in [4.78, 5) is 2.61. The molecule has 4 nitrogen and oxygen atoms in total. The van der Waals surface area contributed by atoms with Crippen molar-refractivity contribution in [1.82, 2.24) is 10.2 Å². The summed E-state index contributed by atoms with van der Waals surface area (Å²) in [6.45, 7) is 4.47. The fourth-order valence-corrected chi connectivity index (χ4v) is 2.82. The first-order valence-corrected chi connectivity index (χ1v) is 7.86. The summed E-state index contributed by atoms with van der Waals surface area (Å²) in [6.07, 6.45) is 3.91. The van der Waals surface area contributed by atoms with Gasteiger partial charge in [0, 0.05) is 18.6 Å². The van der Waals surface area contributed by atoms with Crippen molar-refractivity contribution in [3.63, 3.8) is 0 Å². The lowest BCUT2D eigenvalue weighted by molar-refractivity contribution is 0.236. The lowest BCUT2D eigenvalue weighted by Gasteiger charge is -2.27. The summed E-state index contributed by atoms with van der Waals surface area (Å²) in [6, 6.07) is 7.30.